The van der Waals surface area contributed by atoms with Crippen molar-refractivity contribution in [2.45, 2.75) is 32.1 Å². The first-order chi connectivity index (χ1) is 12.2. The lowest BCUT2D eigenvalue weighted by Crippen LogP contribution is -2.25. The fourth-order valence-corrected chi connectivity index (χ4v) is 2.77. The summed E-state index contributed by atoms with van der Waals surface area (Å²) in [5.41, 5.74) is 1.000. The molecular weight excluding hydrogens is 377 g/mol. The second-order valence-corrected chi connectivity index (χ2v) is 8.86. The quantitative estimate of drug-likeness (QED) is 0.512. The molecule has 0 radical (unpaired) electrons. The van der Waals surface area contributed by atoms with Gasteiger partial charge in [-0.25, -0.2) is 4.39 Å². The average molecular weight is 398 g/mol. The molecule has 0 amide bonds. The molecule has 0 bridgehead atoms. The summed E-state index contributed by atoms with van der Waals surface area (Å²) < 4.78 is 40.2. The Bertz CT molecular complexity index is 776. The minimum Gasteiger partial charge on any atom is -0.591 e. The van der Waals surface area contributed by atoms with Crippen LogP contribution in [0.5, 0.6) is 11.5 Å². The highest BCUT2D eigenvalue weighted by atomic mass is 35.5. The number of methoxy groups -OCH3 is 1. The van der Waals surface area contributed by atoms with Gasteiger partial charge in [-0.1, -0.05) is 16.0 Å². The van der Waals surface area contributed by atoms with Crippen LogP contribution in [0.4, 0.5) is 4.39 Å². The molecule has 2 aromatic rings. The number of ether oxygens (including phenoxy) is 2. The number of hydrogen-bond donors (Lipinski definition) is 0. The number of nitrogens with zero attached hydrogens (tertiary/aromatic N) is 1. The molecule has 0 aromatic heterocycles. The van der Waals surface area contributed by atoms with Crippen LogP contribution in [0.1, 0.15) is 31.9 Å². The standard InChI is InChI=1S/C19H21ClFNO3S/c1-19(2,3)26(23)22-11-13-9-14(21)10-18(20)17(13)12-25-16-7-5-15(24-4)6-8-16/h5-11H,12H2,1-4H3. The van der Waals surface area contributed by atoms with E-state index in [1.54, 1.807) is 31.4 Å². The van der Waals surface area contributed by atoms with Crippen molar-refractivity contribution >= 4 is 29.2 Å². The summed E-state index contributed by atoms with van der Waals surface area (Å²) in [6, 6.07) is 9.58. The molecular formula is C19H21ClFNO3S. The van der Waals surface area contributed by atoms with Crippen molar-refractivity contribution in [1.82, 2.24) is 0 Å². The minimum absolute atomic E-state index is 0.120. The van der Waals surface area contributed by atoms with Gasteiger partial charge >= 0.3 is 0 Å². The number of benzene rings is 2. The molecule has 1 unspecified atom stereocenters. The Hall–Kier alpha value is -1.76. The van der Waals surface area contributed by atoms with E-state index in [1.165, 1.54) is 18.3 Å². The lowest BCUT2D eigenvalue weighted by atomic mass is 10.1. The van der Waals surface area contributed by atoms with E-state index in [1.807, 2.05) is 20.8 Å². The maximum absolute atomic E-state index is 13.7. The van der Waals surface area contributed by atoms with Gasteiger partial charge in [0.25, 0.3) is 0 Å². The van der Waals surface area contributed by atoms with Crippen molar-refractivity contribution < 1.29 is 18.4 Å². The molecule has 0 heterocycles. The Balaban J connectivity index is 2.22. The first-order valence-electron chi connectivity index (χ1n) is 7.91. The Kier molecular flexibility index (Phi) is 6.92. The zero-order valence-corrected chi connectivity index (χ0v) is 16.7. The number of rotatable bonds is 6. The van der Waals surface area contributed by atoms with Crippen LogP contribution < -0.4 is 9.47 Å². The van der Waals surface area contributed by atoms with Gasteiger partial charge < -0.3 is 14.0 Å². The summed E-state index contributed by atoms with van der Waals surface area (Å²) in [6.45, 7) is 5.56. The van der Waals surface area contributed by atoms with Crippen LogP contribution in [0, 0.1) is 5.82 Å². The van der Waals surface area contributed by atoms with Gasteiger partial charge in [-0.05, 0) is 57.2 Å². The SMILES string of the molecule is COc1ccc(OCc2c(Cl)cc(F)cc2C=N[S+]([O-])C(C)(C)C)cc1. The third-order valence-electron chi connectivity index (χ3n) is 3.45. The van der Waals surface area contributed by atoms with E-state index in [2.05, 4.69) is 4.40 Å². The van der Waals surface area contributed by atoms with Gasteiger partial charge in [-0.2, -0.15) is 0 Å². The highest BCUT2D eigenvalue weighted by molar-refractivity contribution is 7.91. The summed E-state index contributed by atoms with van der Waals surface area (Å²) in [5.74, 6) is 0.841. The average Bonchev–Trinajstić information content (AvgIpc) is 2.58. The summed E-state index contributed by atoms with van der Waals surface area (Å²) in [5, 5.41) is 0.224. The van der Waals surface area contributed by atoms with E-state index in [9.17, 15) is 8.94 Å². The van der Waals surface area contributed by atoms with Crippen LogP contribution in [0.2, 0.25) is 5.02 Å². The normalized spacial score (nSPS) is 13.0. The molecule has 2 aromatic carbocycles. The van der Waals surface area contributed by atoms with Crippen molar-refractivity contribution in [3.63, 3.8) is 0 Å². The highest BCUT2D eigenvalue weighted by Gasteiger charge is 2.26. The van der Waals surface area contributed by atoms with Gasteiger partial charge in [-0.15, -0.1) is 0 Å². The predicted molar refractivity (Wildman–Crippen MR) is 104 cm³/mol. The van der Waals surface area contributed by atoms with Gasteiger partial charge in [0.2, 0.25) is 0 Å². The van der Waals surface area contributed by atoms with E-state index in [-0.39, 0.29) is 11.6 Å². The lowest BCUT2D eigenvalue weighted by Gasteiger charge is -2.18. The van der Waals surface area contributed by atoms with Crippen LogP contribution in [-0.4, -0.2) is 22.6 Å². The molecule has 0 N–H and O–H groups in total. The van der Waals surface area contributed by atoms with Crippen molar-refractivity contribution in [3.8, 4) is 11.5 Å². The lowest BCUT2D eigenvalue weighted by molar-refractivity contribution is 0.305. The minimum atomic E-state index is -1.45. The monoisotopic (exact) mass is 397 g/mol. The number of hydrogen-bond acceptors (Lipinski definition) is 4. The molecule has 0 aliphatic heterocycles. The molecule has 0 fully saturated rings. The smallest absolute Gasteiger partial charge is 0.144 e. The predicted octanol–water partition coefficient (Wildman–Crippen LogP) is 4.95. The Morgan fingerprint density at radius 2 is 1.81 bits per heavy atom. The van der Waals surface area contributed by atoms with Gasteiger partial charge in [0, 0.05) is 11.1 Å². The maximum Gasteiger partial charge on any atom is 0.144 e. The van der Waals surface area contributed by atoms with Gasteiger partial charge in [0.15, 0.2) is 0 Å². The van der Waals surface area contributed by atoms with E-state index in [0.717, 1.165) is 5.75 Å². The van der Waals surface area contributed by atoms with Gasteiger partial charge in [0.1, 0.15) is 40.0 Å². The molecule has 0 aliphatic carbocycles. The van der Waals surface area contributed by atoms with Crippen LogP contribution in [0.25, 0.3) is 0 Å². The van der Waals surface area contributed by atoms with Crippen LogP contribution in [0.3, 0.4) is 0 Å². The van der Waals surface area contributed by atoms with Gasteiger partial charge in [0.05, 0.1) is 18.3 Å². The molecule has 0 saturated carbocycles. The fraction of sp³-hybridized carbons (Fsp3) is 0.316. The largest absolute Gasteiger partial charge is 0.591 e. The summed E-state index contributed by atoms with van der Waals surface area (Å²) in [6.07, 6.45) is 1.38. The van der Waals surface area contributed by atoms with E-state index in [0.29, 0.717) is 16.9 Å². The van der Waals surface area contributed by atoms with E-state index >= 15 is 0 Å². The third kappa shape index (κ3) is 5.62. The molecule has 26 heavy (non-hydrogen) atoms. The van der Waals surface area contributed by atoms with E-state index < -0.39 is 21.9 Å². The zero-order valence-electron chi connectivity index (χ0n) is 15.1. The summed E-state index contributed by atoms with van der Waals surface area (Å²) in [7, 11) is 1.58. The topological polar surface area (TPSA) is 53.9 Å². The Morgan fingerprint density at radius 1 is 1.19 bits per heavy atom. The van der Waals surface area contributed by atoms with Gasteiger partial charge in [-0.3, -0.25) is 0 Å². The van der Waals surface area contributed by atoms with Crippen molar-refractivity contribution in [3.05, 3.63) is 58.4 Å². The molecule has 7 heteroatoms. The first-order valence-corrected chi connectivity index (χ1v) is 9.40. The van der Waals surface area contributed by atoms with Crippen molar-refractivity contribution in [1.29, 1.82) is 0 Å². The van der Waals surface area contributed by atoms with Crippen molar-refractivity contribution in [2.75, 3.05) is 7.11 Å². The molecule has 0 spiro atoms. The molecule has 2 rings (SSSR count). The van der Waals surface area contributed by atoms with Crippen molar-refractivity contribution in [2.24, 2.45) is 4.40 Å². The third-order valence-corrected chi connectivity index (χ3v) is 5.13. The van der Waals surface area contributed by atoms with E-state index in [4.69, 9.17) is 21.1 Å². The summed E-state index contributed by atoms with van der Waals surface area (Å²) in [4.78, 5) is 0. The Morgan fingerprint density at radius 3 is 2.38 bits per heavy atom. The van der Waals surface area contributed by atoms with Crippen LogP contribution in [0.15, 0.2) is 40.8 Å². The summed E-state index contributed by atoms with van der Waals surface area (Å²) >= 11 is 4.72. The second kappa shape index (κ2) is 8.75. The second-order valence-electron chi connectivity index (χ2n) is 6.52. The molecule has 140 valence electrons. The molecule has 4 nitrogen and oxygen atoms in total. The first kappa shape index (κ1) is 20.6. The molecule has 1 atom stereocenters. The zero-order chi connectivity index (χ0) is 19.3. The molecule has 0 saturated heterocycles. The Labute approximate surface area is 161 Å². The number of halogens is 2. The fourth-order valence-electron chi connectivity index (χ4n) is 1.98. The maximum atomic E-state index is 13.7. The van der Waals surface area contributed by atoms with Crippen LogP contribution >= 0.6 is 11.6 Å². The highest BCUT2D eigenvalue weighted by Crippen LogP contribution is 2.25. The van der Waals surface area contributed by atoms with Crippen LogP contribution in [-0.2, 0) is 18.0 Å². The molecule has 0 aliphatic rings.